The summed E-state index contributed by atoms with van der Waals surface area (Å²) in [6.45, 7) is 4.00. The first kappa shape index (κ1) is 11.9. The molecule has 0 atom stereocenters. The highest BCUT2D eigenvalue weighted by Crippen LogP contribution is 2.11. The Kier molecular flexibility index (Phi) is 5.82. The Balaban J connectivity index is 0.000000671. The number of nitrogens with zero attached hydrogens (tertiary/aromatic N) is 2. The van der Waals surface area contributed by atoms with Crippen molar-refractivity contribution in [2.45, 2.75) is 20.3 Å². The monoisotopic (exact) mass is 200 g/mol. The molecule has 13 heavy (non-hydrogen) atoms. The number of halogens is 2. The molecule has 1 rings (SSSR count). The van der Waals surface area contributed by atoms with Crippen molar-refractivity contribution in [3.05, 3.63) is 28.8 Å². The Morgan fingerprint density at radius 2 is 2.23 bits per heavy atom. The van der Waals surface area contributed by atoms with Crippen LogP contribution >= 0.6 is 11.6 Å². The summed E-state index contributed by atoms with van der Waals surface area (Å²) in [6.07, 6.45) is 1.29. The van der Waals surface area contributed by atoms with Gasteiger partial charge in [-0.2, -0.15) is 5.26 Å². The summed E-state index contributed by atoms with van der Waals surface area (Å²) < 4.78 is 12.7. The average molecular weight is 201 g/mol. The maximum absolute atomic E-state index is 12.7. The fourth-order valence-corrected chi connectivity index (χ4v) is 0.792. The number of nitriles is 1. The second-order valence-electron chi connectivity index (χ2n) is 1.92. The third-order valence-corrected chi connectivity index (χ3v) is 1.34. The van der Waals surface area contributed by atoms with E-state index >= 15 is 0 Å². The summed E-state index contributed by atoms with van der Waals surface area (Å²) >= 11 is 5.43. The van der Waals surface area contributed by atoms with E-state index in [2.05, 4.69) is 4.98 Å². The van der Waals surface area contributed by atoms with Crippen molar-refractivity contribution < 1.29 is 4.39 Å². The molecule has 2 nitrogen and oxygen atoms in total. The topological polar surface area (TPSA) is 36.7 Å². The van der Waals surface area contributed by atoms with Gasteiger partial charge in [0.05, 0.1) is 23.2 Å². The van der Waals surface area contributed by atoms with Crippen LogP contribution in [-0.4, -0.2) is 4.98 Å². The Morgan fingerprint density at radius 3 is 2.69 bits per heavy atom. The number of hydrogen-bond donors (Lipinski definition) is 0. The molecule has 70 valence electrons. The van der Waals surface area contributed by atoms with Gasteiger partial charge < -0.3 is 0 Å². The molecule has 0 spiro atoms. The van der Waals surface area contributed by atoms with Gasteiger partial charge in [0.1, 0.15) is 5.82 Å². The standard InChI is InChI=1S/C7H4ClFN2.C2H6/c8-5-3-6(9)7(1-2-10)11-4-5;1-2/h3-4H,1H2;1-2H3. The molecular formula is C9H10ClFN2. The minimum absolute atomic E-state index is 0.0248. The van der Waals surface area contributed by atoms with Crippen LogP contribution in [0.4, 0.5) is 4.39 Å². The number of aromatic nitrogens is 1. The van der Waals surface area contributed by atoms with Crippen molar-refractivity contribution in [2.24, 2.45) is 0 Å². The van der Waals surface area contributed by atoms with Gasteiger partial charge in [-0.25, -0.2) is 4.39 Å². The van der Waals surface area contributed by atoms with Gasteiger partial charge in [0.2, 0.25) is 0 Å². The number of hydrogen-bond acceptors (Lipinski definition) is 2. The van der Waals surface area contributed by atoms with Gasteiger partial charge in [-0.15, -0.1) is 0 Å². The van der Waals surface area contributed by atoms with E-state index in [9.17, 15) is 4.39 Å². The minimum atomic E-state index is -0.529. The van der Waals surface area contributed by atoms with E-state index < -0.39 is 5.82 Å². The second kappa shape index (κ2) is 6.38. The first-order chi connectivity index (χ1) is 6.24. The van der Waals surface area contributed by atoms with Crippen molar-refractivity contribution >= 4 is 11.6 Å². The van der Waals surface area contributed by atoms with Gasteiger partial charge in [-0.1, -0.05) is 25.4 Å². The highest BCUT2D eigenvalue weighted by molar-refractivity contribution is 6.30. The first-order valence-electron chi connectivity index (χ1n) is 3.91. The summed E-state index contributed by atoms with van der Waals surface area (Å²) in [5, 5.41) is 8.46. The van der Waals surface area contributed by atoms with Gasteiger partial charge >= 0.3 is 0 Å². The van der Waals surface area contributed by atoms with Crippen LogP contribution < -0.4 is 0 Å². The molecule has 0 saturated carbocycles. The van der Waals surface area contributed by atoms with Crippen LogP contribution in [-0.2, 0) is 6.42 Å². The minimum Gasteiger partial charge on any atom is -0.256 e. The van der Waals surface area contributed by atoms with Crippen molar-refractivity contribution in [3.8, 4) is 6.07 Å². The third kappa shape index (κ3) is 3.86. The zero-order chi connectivity index (χ0) is 10.3. The van der Waals surface area contributed by atoms with Gasteiger partial charge in [-0.05, 0) is 6.07 Å². The lowest BCUT2D eigenvalue weighted by Crippen LogP contribution is -1.92. The Labute approximate surface area is 82.0 Å². The average Bonchev–Trinajstić information content (AvgIpc) is 2.14. The molecule has 0 unspecified atom stereocenters. The number of pyridine rings is 1. The van der Waals surface area contributed by atoms with E-state index in [0.717, 1.165) is 6.07 Å². The molecule has 1 heterocycles. The molecule has 0 aliphatic heterocycles. The predicted molar refractivity (Wildman–Crippen MR) is 49.9 cm³/mol. The van der Waals surface area contributed by atoms with E-state index in [0.29, 0.717) is 0 Å². The van der Waals surface area contributed by atoms with Crippen molar-refractivity contribution in [1.82, 2.24) is 4.98 Å². The van der Waals surface area contributed by atoms with E-state index in [4.69, 9.17) is 16.9 Å². The summed E-state index contributed by atoms with van der Waals surface area (Å²) in [5.74, 6) is -0.529. The van der Waals surface area contributed by atoms with Crippen molar-refractivity contribution in [3.63, 3.8) is 0 Å². The Hall–Kier alpha value is -1.14. The van der Waals surface area contributed by atoms with Crippen LogP contribution in [0.1, 0.15) is 19.5 Å². The normalized spacial score (nSPS) is 8.23. The molecule has 0 fully saturated rings. The van der Waals surface area contributed by atoms with Crippen LogP contribution in [0.3, 0.4) is 0 Å². The van der Waals surface area contributed by atoms with E-state index in [1.165, 1.54) is 6.20 Å². The Morgan fingerprint density at radius 1 is 1.62 bits per heavy atom. The molecule has 0 radical (unpaired) electrons. The fourth-order valence-electron chi connectivity index (χ4n) is 0.648. The van der Waals surface area contributed by atoms with E-state index in [1.807, 2.05) is 13.8 Å². The first-order valence-corrected chi connectivity index (χ1v) is 4.28. The van der Waals surface area contributed by atoms with Crippen LogP contribution in [0.25, 0.3) is 0 Å². The lowest BCUT2D eigenvalue weighted by Gasteiger charge is -1.95. The Bertz CT molecular complexity index is 307. The maximum Gasteiger partial charge on any atom is 0.147 e. The molecule has 0 amide bonds. The van der Waals surface area contributed by atoms with Crippen LogP contribution in [0.15, 0.2) is 12.3 Å². The summed E-state index contributed by atoms with van der Waals surface area (Å²) in [5.41, 5.74) is 0.136. The molecule has 1 aromatic rings. The van der Waals surface area contributed by atoms with Crippen LogP contribution in [0, 0.1) is 17.1 Å². The molecule has 0 aromatic carbocycles. The predicted octanol–water partition coefficient (Wildman–Crippen LogP) is 2.97. The molecule has 0 saturated heterocycles. The van der Waals surface area contributed by atoms with Gasteiger partial charge in [0.25, 0.3) is 0 Å². The molecule has 0 bridgehead atoms. The maximum atomic E-state index is 12.7. The largest absolute Gasteiger partial charge is 0.256 e. The lowest BCUT2D eigenvalue weighted by molar-refractivity contribution is 0.605. The molecule has 0 aliphatic carbocycles. The quantitative estimate of drug-likeness (QED) is 0.699. The highest BCUT2D eigenvalue weighted by Gasteiger charge is 2.02. The number of rotatable bonds is 1. The van der Waals surface area contributed by atoms with E-state index in [1.54, 1.807) is 6.07 Å². The van der Waals surface area contributed by atoms with E-state index in [-0.39, 0.29) is 17.1 Å². The van der Waals surface area contributed by atoms with Gasteiger partial charge in [0.15, 0.2) is 0 Å². The summed E-state index contributed by atoms with van der Waals surface area (Å²) in [6, 6.07) is 2.94. The van der Waals surface area contributed by atoms with Gasteiger partial charge in [0, 0.05) is 6.20 Å². The summed E-state index contributed by atoms with van der Waals surface area (Å²) in [7, 11) is 0. The van der Waals surface area contributed by atoms with Crippen LogP contribution in [0.5, 0.6) is 0 Å². The van der Waals surface area contributed by atoms with Crippen molar-refractivity contribution in [2.75, 3.05) is 0 Å². The molecule has 1 aromatic heterocycles. The lowest BCUT2D eigenvalue weighted by atomic mass is 10.3. The zero-order valence-electron chi connectivity index (χ0n) is 7.51. The smallest absolute Gasteiger partial charge is 0.147 e. The SMILES string of the molecule is CC.N#CCc1ncc(Cl)cc1F. The van der Waals surface area contributed by atoms with Gasteiger partial charge in [-0.3, -0.25) is 4.98 Å². The third-order valence-electron chi connectivity index (χ3n) is 1.13. The molecular weight excluding hydrogens is 191 g/mol. The van der Waals surface area contributed by atoms with Crippen LogP contribution in [0.2, 0.25) is 5.02 Å². The molecule has 0 N–H and O–H groups in total. The fraction of sp³-hybridized carbons (Fsp3) is 0.333. The highest BCUT2D eigenvalue weighted by atomic mass is 35.5. The summed E-state index contributed by atoms with van der Waals surface area (Å²) in [4.78, 5) is 3.64. The molecule has 0 aliphatic rings. The zero-order valence-corrected chi connectivity index (χ0v) is 8.27. The second-order valence-corrected chi connectivity index (χ2v) is 2.35. The van der Waals surface area contributed by atoms with Crippen molar-refractivity contribution in [1.29, 1.82) is 5.26 Å². The molecule has 4 heteroatoms.